The molecule has 1 aromatic heterocycles. The lowest BCUT2D eigenvalue weighted by Gasteiger charge is -1.87. The van der Waals surface area contributed by atoms with Crippen molar-refractivity contribution in [2.24, 2.45) is 0 Å². The molecule has 0 amide bonds. The lowest BCUT2D eigenvalue weighted by atomic mass is 10.3. The zero-order chi connectivity index (χ0) is 5.82. The quantitative estimate of drug-likeness (QED) is 0.524. The van der Waals surface area contributed by atoms with Gasteiger partial charge in [0.2, 0.25) is 0 Å². The van der Waals surface area contributed by atoms with Gasteiger partial charge in [-0.1, -0.05) is 6.07 Å². The number of pyridine rings is 1. The lowest BCUT2D eigenvalue weighted by molar-refractivity contribution is 1.23. The molecule has 0 unspecified atom stereocenters. The number of hydrogen-bond donors (Lipinski definition) is 0. The first-order chi connectivity index (χ1) is 3.93. The molecule has 0 saturated carbocycles. The zero-order valence-electron chi connectivity index (χ0n) is 4.46. The normalized spacial score (nSPS) is 9.12. The van der Waals surface area contributed by atoms with E-state index in [-0.39, 0.29) is 0 Å². The summed E-state index contributed by atoms with van der Waals surface area (Å²) in [5.41, 5.74) is 0.799. The molecule has 1 heterocycles. The molecule has 39 valence electrons. The molecule has 0 atom stereocenters. The Kier molecular flexibility index (Phi) is 1.62. The van der Waals surface area contributed by atoms with E-state index in [1.807, 2.05) is 18.2 Å². The summed E-state index contributed by atoms with van der Waals surface area (Å²) in [7, 11) is 0. The minimum Gasteiger partial charge on any atom is -0.261 e. The van der Waals surface area contributed by atoms with Crippen LogP contribution in [-0.2, 0) is 0 Å². The predicted molar refractivity (Wildman–Crippen MR) is 31.9 cm³/mol. The molecular formula is C7H6N. The van der Waals surface area contributed by atoms with E-state index in [9.17, 15) is 0 Å². The van der Waals surface area contributed by atoms with E-state index in [4.69, 9.17) is 0 Å². The van der Waals surface area contributed by atoms with Gasteiger partial charge in [0.05, 0.1) is 0 Å². The van der Waals surface area contributed by atoms with E-state index in [2.05, 4.69) is 18.3 Å². The van der Waals surface area contributed by atoms with Crippen molar-refractivity contribution in [3.05, 3.63) is 43.4 Å². The summed E-state index contributed by atoms with van der Waals surface area (Å²) in [6, 6.07) is 5.62. The Balaban J connectivity index is 2.83. The topological polar surface area (TPSA) is 12.9 Å². The van der Waals surface area contributed by atoms with Crippen LogP contribution in [0, 0.1) is 13.3 Å². The van der Waals surface area contributed by atoms with Gasteiger partial charge in [-0.05, 0) is 19.1 Å². The van der Waals surface area contributed by atoms with Crippen molar-refractivity contribution in [3.63, 3.8) is 0 Å². The molecule has 0 fully saturated rings. The van der Waals surface area contributed by atoms with Crippen LogP contribution in [0.2, 0.25) is 0 Å². The third kappa shape index (κ3) is 1.06. The molecule has 0 aromatic carbocycles. The zero-order valence-corrected chi connectivity index (χ0v) is 4.46. The molecule has 8 heavy (non-hydrogen) atoms. The summed E-state index contributed by atoms with van der Waals surface area (Å²) in [5.74, 6) is 0. The van der Waals surface area contributed by atoms with Crippen molar-refractivity contribution in [2.45, 2.75) is 0 Å². The summed E-state index contributed by atoms with van der Waals surface area (Å²) in [4.78, 5) is 3.92. The van der Waals surface area contributed by atoms with Crippen LogP contribution in [0.3, 0.4) is 0 Å². The largest absolute Gasteiger partial charge is 0.261 e. The maximum atomic E-state index is 3.92. The Morgan fingerprint density at radius 3 is 2.75 bits per heavy atom. The van der Waals surface area contributed by atoms with Gasteiger partial charge in [-0.25, -0.2) is 0 Å². The van der Waals surface area contributed by atoms with Crippen LogP contribution in [0.4, 0.5) is 0 Å². The average Bonchev–Trinajstić information content (AvgIpc) is 1.90. The van der Waals surface area contributed by atoms with Crippen molar-refractivity contribution in [1.29, 1.82) is 0 Å². The maximum Gasteiger partial charge on any atom is 0.0485 e. The molecule has 1 nitrogen and oxygen atoms in total. The van der Waals surface area contributed by atoms with Crippen LogP contribution >= 0.6 is 0 Å². The second-order valence-corrected chi connectivity index (χ2v) is 1.39. The van der Waals surface area contributed by atoms with Gasteiger partial charge in [0, 0.05) is 18.3 Å². The fourth-order valence-corrected chi connectivity index (χ4v) is 0.467. The molecule has 0 N–H and O–H groups in total. The Bertz CT molecular complexity index is 146. The van der Waals surface area contributed by atoms with Crippen LogP contribution < -0.4 is 0 Å². The van der Waals surface area contributed by atoms with Gasteiger partial charge in [-0.3, -0.25) is 4.98 Å². The first-order valence-electron chi connectivity index (χ1n) is 2.37. The highest BCUT2D eigenvalue weighted by Gasteiger charge is 1.83. The summed E-state index contributed by atoms with van der Waals surface area (Å²) < 4.78 is 0. The summed E-state index contributed by atoms with van der Waals surface area (Å²) in [6.45, 7) is 3.44. The van der Waals surface area contributed by atoms with Gasteiger partial charge in [-0.15, -0.1) is 0 Å². The van der Waals surface area contributed by atoms with E-state index in [1.165, 1.54) is 0 Å². The van der Waals surface area contributed by atoms with Gasteiger partial charge < -0.3 is 0 Å². The van der Waals surface area contributed by atoms with E-state index in [1.54, 1.807) is 6.20 Å². The lowest BCUT2D eigenvalue weighted by Crippen LogP contribution is -1.79. The summed E-state index contributed by atoms with van der Waals surface area (Å²) >= 11 is 0. The van der Waals surface area contributed by atoms with E-state index < -0.39 is 0 Å². The SMILES string of the molecule is [CH2][C]c1ccccn1. The monoisotopic (exact) mass is 104 g/mol. The van der Waals surface area contributed by atoms with Crippen molar-refractivity contribution in [2.75, 3.05) is 0 Å². The molecule has 0 bridgehead atoms. The Morgan fingerprint density at radius 1 is 1.50 bits per heavy atom. The van der Waals surface area contributed by atoms with Crippen LogP contribution in [0.25, 0.3) is 0 Å². The van der Waals surface area contributed by atoms with E-state index in [0.717, 1.165) is 5.69 Å². The molecule has 0 aliphatic heterocycles. The highest BCUT2D eigenvalue weighted by molar-refractivity contribution is 5.13. The number of hydrogen-bond acceptors (Lipinski definition) is 1. The fourth-order valence-electron chi connectivity index (χ4n) is 0.467. The molecular weight excluding hydrogens is 98.1 g/mol. The van der Waals surface area contributed by atoms with Gasteiger partial charge >= 0.3 is 0 Å². The van der Waals surface area contributed by atoms with E-state index in [0.29, 0.717) is 0 Å². The smallest absolute Gasteiger partial charge is 0.0485 e. The highest BCUT2D eigenvalue weighted by Crippen LogP contribution is 1.93. The minimum absolute atomic E-state index is 0.799. The fraction of sp³-hybridized carbons (Fsp3) is 0. The van der Waals surface area contributed by atoms with Crippen LogP contribution in [-0.4, -0.2) is 4.98 Å². The molecule has 0 aliphatic carbocycles. The van der Waals surface area contributed by atoms with Crippen LogP contribution in [0.1, 0.15) is 5.69 Å². The molecule has 0 spiro atoms. The molecule has 1 aromatic rings. The van der Waals surface area contributed by atoms with Gasteiger partial charge in [0.15, 0.2) is 0 Å². The van der Waals surface area contributed by atoms with Gasteiger partial charge in [0.25, 0.3) is 0 Å². The number of aromatic nitrogens is 1. The molecule has 3 radical (unpaired) electrons. The second-order valence-electron chi connectivity index (χ2n) is 1.39. The first-order valence-corrected chi connectivity index (χ1v) is 2.37. The summed E-state index contributed by atoms with van der Waals surface area (Å²) in [5, 5.41) is 0. The van der Waals surface area contributed by atoms with Crippen molar-refractivity contribution < 1.29 is 0 Å². The van der Waals surface area contributed by atoms with Crippen molar-refractivity contribution >= 4 is 0 Å². The highest BCUT2D eigenvalue weighted by atomic mass is 14.6. The Labute approximate surface area is 49.4 Å². The molecule has 0 saturated heterocycles. The standard InChI is InChI=1S/C7H6N/c1-2-7-5-3-4-6-8-7/h3-6H,1H2. The van der Waals surface area contributed by atoms with Crippen LogP contribution in [0.15, 0.2) is 24.4 Å². The third-order valence-electron chi connectivity index (χ3n) is 0.846. The first kappa shape index (κ1) is 5.29. The van der Waals surface area contributed by atoms with E-state index >= 15 is 0 Å². The van der Waals surface area contributed by atoms with Crippen molar-refractivity contribution in [1.82, 2.24) is 4.98 Å². The van der Waals surface area contributed by atoms with Crippen LogP contribution in [0.5, 0.6) is 0 Å². The summed E-state index contributed by atoms with van der Waals surface area (Å²) in [6.07, 6.45) is 4.38. The van der Waals surface area contributed by atoms with Crippen molar-refractivity contribution in [3.8, 4) is 0 Å². The molecule has 1 heteroatoms. The molecule has 1 rings (SSSR count). The number of nitrogens with zero attached hydrogens (tertiary/aromatic N) is 1. The Hall–Kier alpha value is -0.850. The Morgan fingerprint density at radius 2 is 2.38 bits per heavy atom. The second kappa shape index (κ2) is 2.46. The minimum atomic E-state index is 0.799. The number of rotatable bonds is 1. The van der Waals surface area contributed by atoms with Gasteiger partial charge in [0.1, 0.15) is 0 Å². The maximum absolute atomic E-state index is 3.92. The third-order valence-corrected chi connectivity index (χ3v) is 0.846. The molecule has 0 aliphatic rings. The predicted octanol–water partition coefficient (Wildman–Crippen LogP) is 1.35. The van der Waals surface area contributed by atoms with Gasteiger partial charge in [-0.2, -0.15) is 0 Å². The average molecular weight is 104 g/mol.